The molecule has 28 heavy (non-hydrogen) atoms. The molecule has 0 N–H and O–H groups in total. The molecule has 0 bridgehead atoms. The van der Waals surface area contributed by atoms with Crippen LogP contribution in [0.5, 0.6) is 0 Å². The quantitative estimate of drug-likeness (QED) is 0.630. The van der Waals surface area contributed by atoms with Gasteiger partial charge in [0.1, 0.15) is 11.3 Å². The number of aromatic nitrogens is 2. The van der Waals surface area contributed by atoms with E-state index in [0.717, 1.165) is 17.7 Å². The maximum atomic E-state index is 12.6. The molecule has 2 heterocycles. The number of carbonyl (C=O) groups excluding carboxylic acids is 1. The SMILES string of the molecule is [C-]#[N+]C1C(CCC)=Nc2c(cnn2C(=O)OC(C)(C)C)C1c1ccccc1Cl. The van der Waals surface area contributed by atoms with E-state index in [9.17, 15) is 4.79 Å². The van der Waals surface area contributed by atoms with Crippen molar-refractivity contribution >= 4 is 29.2 Å². The molecule has 3 rings (SSSR count). The number of nitrogens with zero attached hydrogens (tertiary/aromatic N) is 4. The van der Waals surface area contributed by atoms with E-state index in [0.29, 0.717) is 22.8 Å². The molecule has 7 heteroatoms. The van der Waals surface area contributed by atoms with E-state index in [1.54, 1.807) is 33.0 Å². The monoisotopic (exact) mass is 398 g/mol. The van der Waals surface area contributed by atoms with E-state index in [4.69, 9.17) is 22.9 Å². The van der Waals surface area contributed by atoms with Crippen LogP contribution in [-0.4, -0.2) is 33.2 Å². The molecule has 0 fully saturated rings. The molecule has 1 aromatic carbocycles. The van der Waals surface area contributed by atoms with Gasteiger partial charge < -0.3 is 9.58 Å². The Balaban J connectivity index is 2.17. The molecule has 0 amide bonds. The second-order valence-electron chi connectivity index (χ2n) is 7.74. The molecule has 0 saturated heterocycles. The van der Waals surface area contributed by atoms with E-state index >= 15 is 0 Å². The second kappa shape index (κ2) is 7.76. The van der Waals surface area contributed by atoms with E-state index in [2.05, 4.69) is 14.9 Å². The third kappa shape index (κ3) is 3.81. The highest BCUT2D eigenvalue weighted by atomic mass is 35.5. The highest BCUT2D eigenvalue weighted by Gasteiger charge is 2.42. The Bertz CT molecular complexity index is 966. The molecule has 0 radical (unpaired) electrons. The third-order valence-corrected chi connectivity index (χ3v) is 4.81. The van der Waals surface area contributed by atoms with Gasteiger partial charge in [-0.2, -0.15) is 5.10 Å². The maximum absolute atomic E-state index is 12.6. The average Bonchev–Trinajstić information content (AvgIpc) is 3.04. The Labute approximate surface area is 170 Å². The summed E-state index contributed by atoms with van der Waals surface area (Å²) in [5.74, 6) is 0.0824. The maximum Gasteiger partial charge on any atom is 0.437 e. The molecule has 146 valence electrons. The zero-order valence-electron chi connectivity index (χ0n) is 16.4. The average molecular weight is 399 g/mol. The lowest BCUT2D eigenvalue weighted by Crippen LogP contribution is -2.31. The molecule has 1 aromatic heterocycles. The molecular weight excluding hydrogens is 376 g/mol. The topological polar surface area (TPSA) is 60.8 Å². The number of hydrogen-bond acceptors (Lipinski definition) is 4. The fraction of sp³-hybridized carbons (Fsp3) is 0.429. The number of halogens is 1. The predicted molar refractivity (Wildman–Crippen MR) is 110 cm³/mol. The van der Waals surface area contributed by atoms with Crippen molar-refractivity contribution in [2.24, 2.45) is 4.99 Å². The lowest BCUT2D eigenvalue weighted by atomic mass is 9.81. The Kier molecular flexibility index (Phi) is 5.57. The molecule has 0 saturated carbocycles. The van der Waals surface area contributed by atoms with Crippen molar-refractivity contribution in [3.63, 3.8) is 0 Å². The molecule has 2 unspecified atom stereocenters. The summed E-state index contributed by atoms with van der Waals surface area (Å²) in [4.78, 5) is 21.2. The second-order valence-corrected chi connectivity index (χ2v) is 8.15. The van der Waals surface area contributed by atoms with Crippen LogP contribution in [0.25, 0.3) is 4.85 Å². The first-order valence-corrected chi connectivity index (χ1v) is 9.64. The van der Waals surface area contributed by atoms with Crippen molar-refractivity contribution in [1.29, 1.82) is 0 Å². The highest BCUT2D eigenvalue weighted by molar-refractivity contribution is 6.31. The third-order valence-electron chi connectivity index (χ3n) is 4.46. The van der Waals surface area contributed by atoms with Crippen molar-refractivity contribution in [2.45, 2.75) is 58.1 Å². The van der Waals surface area contributed by atoms with Crippen LogP contribution in [0.2, 0.25) is 5.02 Å². The van der Waals surface area contributed by atoms with Crippen molar-refractivity contribution in [3.05, 3.63) is 58.0 Å². The molecule has 2 aromatic rings. The summed E-state index contributed by atoms with van der Waals surface area (Å²) in [6.07, 6.45) is 2.51. The first-order valence-electron chi connectivity index (χ1n) is 9.26. The normalized spacial score (nSPS) is 18.8. The number of hydrogen-bond donors (Lipinski definition) is 0. The van der Waals surface area contributed by atoms with Crippen LogP contribution in [-0.2, 0) is 4.74 Å². The van der Waals surface area contributed by atoms with Crippen LogP contribution >= 0.6 is 11.6 Å². The van der Waals surface area contributed by atoms with Gasteiger partial charge in [-0.15, -0.1) is 4.68 Å². The van der Waals surface area contributed by atoms with E-state index in [1.807, 2.05) is 25.1 Å². The van der Waals surface area contributed by atoms with E-state index in [-0.39, 0.29) is 5.92 Å². The van der Waals surface area contributed by atoms with Crippen LogP contribution in [0.1, 0.15) is 57.6 Å². The Hall–Kier alpha value is -2.65. The van der Waals surface area contributed by atoms with Crippen molar-refractivity contribution < 1.29 is 9.53 Å². The summed E-state index contributed by atoms with van der Waals surface area (Å²) in [7, 11) is 0. The smallest absolute Gasteiger partial charge is 0.437 e. The lowest BCUT2D eigenvalue weighted by Gasteiger charge is -2.25. The summed E-state index contributed by atoms with van der Waals surface area (Å²) in [5, 5.41) is 4.82. The van der Waals surface area contributed by atoms with Crippen LogP contribution < -0.4 is 0 Å². The Morgan fingerprint density at radius 3 is 2.64 bits per heavy atom. The first-order chi connectivity index (χ1) is 13.3. The molecule has 1 aliphatic heterocycles. The molecule has 6 nitrogen and oxygen atoms in total. The van der Waals surface area contributed by atoms with Gasteiger partial charge in [0.05, 0.1) is 12.1 Å². The minimum Gasteiger partial charge on any atom is -0.442 e. The van der Waals surface area contributed by atoms with Crippen molar-refractivity contribution in [1.82, 2.24) is 9.78 Å². The number of rotatable bonds is 3. The van der Waals surface area contributed by atoms with Gasteiger partial charge >= 0.3 is 6.09 Å². The van der Waals surface area contributed by atoms with E-state index < -0.39 is 17.7 Å². The van der Waals surface area contributed by atoms with Crippen LogP contribution in [0.3, 0.4) is 0 Å². The number of ether oxygens (including phenoxy) is 1. The molecule has 0 aliphatic carbocycles. The van der Waals surface area contributed by atoms with Gasteiger partial charge in [-0.05, 0) is 38.8 Å². The van der Waals surface area contributed by atoms with Gasteiger partial charge in [-0.3, -0.25) is 0 Å². The predicted octanol–water partition coefficient (Wildman–Crippen LogP) is 5.63. The minimum absolute atomic E-state index is 0.337. The molecule has 1 aliphatic rings. The summed E-state index contributed by atoms with van der Waals surface area (Å²) < 4.78 is 6.65. The summed E-state index contributed by atoms with van der Waals surface area (Å²) in [6, 6.07) is 6.98. The minimum atomic E-state index is -0.651. The van der Waals surface area contributed by atoms with Crippen molar-refractivity contribution in [2.75, 3.05) is 0 Å². The highest BCUT2D eigenvalue weighted by Crippen LogP contribution is 2.43. The van der Waals surface area contributed by atoms with E-state index in [1.165, 1.54) is 4.68 Å². The number of fused-ring (bicyclic) bond motifs is 1. The molecule has 0 spiro atoms. The van der Waals surface area contributed by atoms with Gasteiger partial charge in [0, 0.05) is 10.6 Å². The largest absolute Gasteiger partial charge is 0.442 e. The van der Waals surface area contributed by atoms with Crippen molar-refractivity contribution in [3.8, 4) is 0 Å². The summed E-state index contributed by atoms with van der Waals surface area (Å²) in [5.41, 5.74) is 1.63. The number of benzene rings is 1. The van der Waals surface area contributed by atoms with Crippen LogP contribution in [0.15, 0.2) is 35.5 Å². The van der Waals surface area contributed by atoms with Crippen LogP contribution in [0.4, 0.5) is 10.6 Å². The molecule has 2 atom stereocenters. The van der Waals surface area contributed by atoms with Gasteiger partial charge in [0.25, 0.3) is 6.04 Å². The Morgan fingerprint density at radius 2 is 2.04 bits per heavy atom. The van der Waals surface area contributed by atoms with Crippen LogP contribution in [0, 0.1) is 6.57 Å². The van der Waals surface area contributed by atoms with Gasteiger partial charge in [-0.25, -0.2) is 16.4 Å². The first kappa shape index (κ1) is 20.1. The summed E-state index contributed by atoms with van der Waals surface area (Å²) >= 11 is 6.47. The lowest BCUT2D eigenvalue weighted by molar-refractivity contribution is 0.0518. The Morgan fingerprint density at radius 1 is 1.32 bits per heavy atom. The van der Waals surface area contributed by atoms with Gasteiger partial charge in [0.2, 0.25) is 0 Å². The van der Waals surface area contributed by atoms with Gasteiger partial charge in [-0.1, -0.05) is 43.1 Å². The molecular formula is C21H23ClN4O2. The zero-order valence-corrected chi connectivity index (χ0v) is 17.2. The van der Waals surface area contributed by atoms with Gasteiger partial charge in [0.15, 0.2) is 5.82 Å². The summed E-state index contributed by atoms with van der Waals surface area (Å²) in [6.45, 7) is 15.2. The zero-order chi connectivity index (χ0) is 20.5. The fourth-order valence-electron chi connectivity index (χ4n) is 3.36. The standard InChI is InChI=1S/C21H23ClN4O2/c1-6-9-16-18(23-5)17(13-10-7-8-11-15(13)22)14-12-24-26(19(14)25-16)20(27)28-21(2,3)4/h7-8,10-12,17-18H,6,9H2,1-4H3. The number of aliphatic imine (C=N–C) groups is 1. The number of carbonyl (C=O) groups is 1. The fourth-order valence-corrected chi connectivity index (χ4v) is 3.62.